The number of halogens is 1. The standard InChI is InChI=1S/C14H21ClN2/c1-13(2)9-17(10-14(3,4)16-13)12-7-5-6-11(15)8-12/h5-8,16H,9-10H2,1-4H3. The number of benzene rings is 1. The van der Waals surface area contributed by atoms with Crippen LogP contribution in [0.15, 0.2) is 24.3 Å². The van der Waals surface area contributed by atoms with E-state index in [1.807, 2.05) is 18.2 Å². The Morgan fingerprint density at radius 3 is 2.24 bits per heavy atom. The van der Waals surface area contributed by atoms with E-state index < -0.39 is 0 Å². The van der Waals surface area contributed by atoms with Crippen LogP contribution in [-0.4, -0.2) is 24.2 Å². The van der Waals surface area contributed by atoms with Gasteiger partial charge >= 0.3 is 0 Å². The van der Waals surface area contributed by atoms with Gasteiger partial charge in [-0.15, -0.1) is 0 Å². The van der Waals surface area contributed by atoms with Gasteiger partial charge in [0.25, 0.3) is 0 Å². The lowest BCUT2D eigenvalue weighted by Crippen LogP contribution is -2.66. The van der Waals surface area contributed by atoms with Crippen molar-refractivity contribution in [1.29, 1.82) is 0 Å². The molecule has 0 bridgehead atoms. The highest BCUT2D eigenvalue weighted by atomic mass is 35.5. The van der Waals surface area contributed by atoms with Crippen molar-refractivity contribution >= 4 is 17.3 Å². The van der Waals surface area contributed by atoms with Crippen molar-refractivity contribution in [1.82, 2.24) is 5.32 Å². The highest BCUT2D eigenvalue weighted by molar-refractivity contribution is 6.30. The summed E-state index contributed by atoms with van der Waals surface area (Å²) in [6, 6.07) is 8.10. The monoisotopic (exact) mass is 252 g/mol. The Morgan fingerprint density at radius 1 is 1.12 bits per heavy atom. The average Bonchev–Trinajstić information content (AvgIpc) is 2.12. The molecule has 94 valence electrons. The molecule has 0 atom stereocenters. The second-order valence-electron chi connectivity index (χ2n) is 6.23. The first-order valence-electron chi connectivity index (χ1n) is 6.07. The number of rotatable bonds is 1. The number of hydrogen-bond donors (Lipinski definition) is 1. The molecule has 1 aromatic carbocycles. The van der Waals surface area contributed by atoms with Crippen LogP contribution in [0.4, 0.5) is 5.69 Å². The van der Waals surface area contributed by atoms with Crippen LogP contribution in [0.25, 0.3) is 0 Å². The highest BCUT2D eigenvalue weighted by Crippen LogP contribution is 2.27. The Bertz CT molecular complexity index is 396. The van der Waals surface area contributed by atoms with Crippen molar-refractivity contribution in [2.24, 2.45) is 0 Å². The van der Waals surface area contributed by atoms with Crippen LogP contribution in [-0.2, 0) is 0 Å². The summed E-state index contributed by atoms with van der Waals surface area (Å²) in [7, 11) is 0. The molecule has 0 radical (unpaired) electrons. The van der Waals surface area contributed by atoms with E-state index in [-0.39, 0.29) is 11.1 Å². The zero-order chi connectivity index (χ0) is 12.7. The van der Waals surface area contributed by atoms with E-state index in [4.69, 9.17) is 11.6 Å². The topological polar surface area (TPSA) is 15.3 Å². The molecule has 2 nitrogen and oxygen atoms in total. The predicted molar refractivity (Wildman–Crippen MR) is 75.0 cm³/mol. The van der Waals surface area contributed by atoms with Crippen molar-refractivity contribution in [2.75, 3.05) is 18.0 Å². The second kappa shape index (κ2) is 4.18. The first-order valence-corrected chi connectivity index (χ1v) is 6.45. The van der Waals surface area contributed by atoms with Gasteiger partial charge in [-0.2, -0.15) is 0 Å². The first-order chi connectivity index (χ1) is 7.77. The van der Waals surface area contributed by atoms with Crippen LogP contribution in [0.3, 0.4) is 0 Å². The summed E-state index contributed by atoms with van der Waals surface area (Å²) in [4.78, 5) is 2.41. The lowest BCUT2D eigenvalue weighted by molar-refractivity contribution is 0.226. The van der Waals surface area contributed by atoms with Gasteiger partial charge in [0, 0.05) is 34.9 Å². The molecule has 1 fully saturated rings. The summed E-state index contributed by atoms with van der Waals surface area (Å²) < 4.78 is 0. The maximum atomic E-state index is 6.06. The molecular weight excluding hydrogens is 232 g/mol. The molecule has 1 aliphatic heterocycles. The number of anilines is 1. The van der Waals surface area contributed by atoms with Crippen LogP contribution < -0.4 is 10.2 Å². The number of nitrogens with zero attached hydrogens (tertiary/aromatic N) is 1. The molecule has 1 aromatic rings. The number of hydrogen-bond acceptors (Lipinski definition) is 2. The predicted octanol–water partition coefficient (Wildman–Crippen LogP) is 3.31. The number of nitrogens with one attached hydrogen (secondary N) is 1. The lowest BCUT2D eigenvalue weighted by Gasteiger charge is -2.49. The van der Waals surface area contributed by atoms with Crippen LogP contribution in [0.1, 0.15) is 27.7 Å². The minimum atomic E-state index is 0.115. The van der Waals surface area contributed by atoms with E-state index in [0.717, 1.165) is 18.1 Å². The van der Waals surface area contributed by atoms with Crippen molar-refractivity contribution in [2.45, 2.75) is 38.8 Å². The second-order valence-corrected chi connectivity index (χ2v) is 6.67. The smallest absolute Gasteiger partial charge is 0.0426 e. The fourth-order valence-electron chi connectivity index (χ4n) is 2.86. The Balaban J connectivity index is 2.27. The quantitative estimate of drug-likeness (QED) is 0.825. The highest BCUT2D eigenvalue weighted by Gasteiger charge is 2.36. The van der Waals surface area contributed by atoms with Gasteiger partial charge in [0.15, 0.2) is 0 Å². The SMILES string of the molecule is CC1(C)CN(c2cccc(Cl)c2)CC(C)(C)N1. The fourth-order valence-corrected chi connectivity index (χ4v) is 3.05. The third-order valence-electron chi connectivity index (χ3n) is 3.02. The van der Waals surface area contributed by atoms with Crippen molar-refractivity contribution in [3.05, 3.63) is 29.3 Å². The Morgan fingerprint density at radius 2 is 1.71 bits per heavy atom. The first kappa shape index (κ1) is 12.7. The molecule has 0 saturated carbocycles. The van der Waals surface area contributed by atoms with Gasteiger partial charge in [-0.05, 0) is 45.9 Å². The molecule has 0 amide bonds. The number of piperazine rings is 1. The molecule has 0 unspecified atom stereocenters. The van der Waals surface area contributed by atoms with Crippen LogP contribution in [0.5, 0.6) is 0 Å². The van der Waals surface area contributed by atoms with Crippen LogP contribution >= 0.6 is 11.6 Å². The molecule has 2 rings (SSSR count). The van der Waals surface area contributed by atoms with Gasteiger partial charge in [0.05, 0.1) is 0 Å². The lowest BCUT2D eigenvalue weighted by atomic mass is 9.91. The Labute approximate surface area is 109 Å². The zero-order valence-electron chi connectivity index (χ0n) is 11.0. The van der Waals surface area contributed by atoms with E-state index in [1.54, 1.807) is 0 Å². The van der Waals surface area contributed by atoms with Gasteiger partial charge in [-0.1, -0.05) is 17.7 Å². The molecule has 1 saturated heterocycles. The third kappa shape index (κ3) is 3.14. The minimum Gasteiger partial charge on any atom is -0.368 e. The average molecular weight is 253 g/mol. The summed E-state index contributed by atoms with van der Waals surface area (Å²) >= 11 is 6.06. The molecule has 0 aliphatic carbocycles. The maximum Gasteiger partial charge on any atom is 0.0426 e. The van der Waals surface area contributed by atoms with Gasteiger partial charge in [0.2, 0.25) is 0 Å². The van der Waals surface area contributed by atoms with Crippen LogP contribution in [0, 0.1) is 0 Å². The largest absolute Gasteiger partial charge is 0.368 e. The summed E-state index contributed by atoms with van der Waals surface area (Å²) in [6.45, 7) is 11.0. The van der Waals surface area contributed by atoms with Crippen LogP contribution in [0.2, 0.25) is 5.02 Å². The van der Waals surface area contributed by atoms with Crippen molar-refractivity contribution < 1.29 is 0 Å². The third-order valence-corrected chi connectivity index (χ3v) is 3.26. The van der Waals surface area contributed by atoms with Gasteiger partial charge in [-0.25, -0.2) is 0 Å². The molecular formula is C14H21ClN2. The van der Waals surface area contributed by atoms with E-state index >= 15 is 0 Å². The molecule has 0 spiro atoms. The fraction of sp³-hybridized carbons (Fsp3) is 0.571. The van der Waals surface area contributed by atoms with Gasteiger partial charge in [0.1, 0.15) is 0 Å². The normalized spacial score (nSPS) is 22.5. The summed E-state index contributed by atoms with van der Waals surface area (Å²) in [6.07, 6.45) is 0. The molecule has 1 aliphatic rings. The molecule has 1 heterocycles. The van der Waals surface area contributed by atoms with Crippen molar-refractivity contribution in [3.8, 4) is 0 Å². The van der Waals surface area contributed by atoms with E-state index in [1.165, 1.54) is 5.69 Å². The molecule has 3 heteroatoms. The van der Waals surface area contributed by atoms with E-state index in [0.29, 0.717) is 0 Å². The molecule has 1 N–H and O–H groups in total. The maximum absolute atomic E-state index is 6.06. The Kier molecular flexibility index (Phi) is 3.13. The van der Waals surface area contributed by atoms with Gasteiger partial charge < -0.3 is 10.2 Å². The summed E-state index contributed by atoms with van der Waals surface area (Å²) in [5.41, 5.74) is 1.44. The minimum absolute atomic E-state index is 0.115. The summed E-state index contributed by atoms with van der Waals surface area (Å²) in [5, 5.41) is 4.47. The van der Waals surface area contributed by atoms with E-state index in [9.17, 15) is 0 Å². The Hall–Kier alpha value is -0.730. The van der Waals surface area contributed by atoms with Crippen molar-refractivity contribution in [3.63, 3.8) is 0 Å². The molecule has 17 heavy (non-hydrogen) atoms. The zero-order valence-corrected chi connectivity index (χ0v) is 11.8. The van der Waals surface area contributed by atoms with Gasteiger partial charge in [-0.3, -0.25) is 0 Å². The summed E-state index contributed by atoms with van der Waals surface area (Å²) in [5.74, 6) is 0. The van der Waals surface area contributed by atoms with E-state index in [2.05, 4.69) is 44.0 Å². The molecule has 0 aromatic heterocycles.